The van der Waals surface area contributed by atoms with Crippen LogP contribution in [0.5, 0.6) is 0 Å². The molecular formula is C28H37F2N. The van der Waals surface area contributed by atoms with Crippen molar-refractivity contribution in [3.8, 4) is 6.07 Å². The largest absolute Gasteiger partial charge is 0.222 e. The van der Waals surface area contributed by atoms with E-state index in [4.69, 9.17) is 5.26 Å². The molecule has 3 rings (SSSR count). The lowest BCUT2D eigenvalue weighted by molar-refractivity contribution is 0.248. The van der Waals surface area contributed by atoms with Crippen LogP contribution in [0.15, 0.2) is 42.2 Å². The van der Waals surface area contributed by atoms with Gasteiger partial charge in [0.25, 0.3) is 0 Å². The Morgan fingerprint density at radius 3 is 2.23 bits per heavy atom. The van der Waals surface area contributed by atoms with Crippen LogP contribution in [0.3, 0.4) is 0 Å². The van der Waals surface area contributed by atoms with Gasteiger partial charge in [0.05, 0.1) is 6.42 Å². The number of rotatable bonds is 10. The summed E-state index contributed by atoms with van der Waals surface area (Å²) in [7, 11) is 0. The minimum absolute atomic E-state index is 0.392. The first kappa shape index (κ1) is 23.7. The third kappa shape index (κ3) is 7.03. The maximum Gasteiger partial charge on any atom is 0.220 e. The predicted molar refractivity (Wildman–Crippen MR) is 125 cm³/mol. The Morgan fingerprint density at radius 2 is 1.61 bits per heavy atom. The van der Waals surface area contributed by atoms with E-state index >= 15 is 0 Å². The molecule has 168 valence electrons. The topological polar surface area (TPSA) is 23.8 Å². The highest BCUT2D eigenvalue weighted by atomic mass is 19.1. The molecule has 1 aromatic rings. The zero-order chi connectivity index (χ0) is 22.1. The van der Waals surface area contributed by atoms with Crippen LogP contribution in [0.1, 0.15) is 95.1 Å². The molecule has 0 aromatic heterocycles. The van der Waals surface area contributed by atoms with E-state index in [1.165, 1.54) is 94.4 Å². The maximum absolute atomic E-state index is 14.3. The molecule has 0 heterocycles. The second kappa shape index (κ2) is 11.6. The van der Waals surface area contributed by atoms with Crippen LogP contribution in [0.4, 0.5) is 8.78 Å². The van der Waals surface area contributed by atoms with Gasteiger partial charge in [-0.15, -0.1) is 0 Å². The first-order valence-electron chi connectivity index (χ1n) is 12.3. The Bertz CT molecular complexity index is 793. The van der Waals surface area contributed by atoms with E-state index < -0.39 is 17.9 Å². The van der Waals surface area contributed by atoms with Crippen molar-refractivity contribution in [2.45, 2.75) is 96.1 Å². The molecule has 31 heavy (non-hydrogen) atoms. The number of benzene rings is 1. The lowest BCUT2D eigenvalue weighted by Crippen LogP contribution is -2.19. The zero-order valence-corrected chi connectivity index (χ0v) is 19.0. The van der Waals surface area contributed by atoms with Crippen molar-refractivity contribution in [3.63, 3.8) is 0 Å². The van der Waals surface area contributed by atoms with Crippen molar-refractivity contribution in [1.29, 1.82) is 5.26 Å². The van der Waals surface area contributed by atoms with E-state index in [0.717, 1.165) is 23.8 Å². The molecule has 1 atom stereocenters. The first-order valence-corrected chi connectivity index (χ1v) is 12.3. The van der Waals surface area contributed by atoms with Crippen LogP contribution in [-0.2, 0) is 6.42 Å². The summed E-state index contributed by atoms with van der Waals surface area (Å²) in [5.41, 5.74) is 0.196. The summed E-state index contributed by atoms with van der Waals surface area (Å²) in [6, 6.07) is 9.49. The number of nitriles is 1. The van der Waals surface area contributed by atoms with Gasteiger partial charge in [0.2, 0.25) is 5.67 Å². The van der Waals surface area contributed by atoms with E-state index in [9.17, 15) is 8.78 Å². The van der Waals surface area contributed by atoms with Crippen molar-refractivity contribution >= 4 is 5.57 Å². The summed E-state index contributed by atoms with van der Waals surface area (Å²) in [5, 5.41) is 8.84. The average molecular weight is 426 g/mol. The molecule has 1 saturated carbocycles. The normalized spacial score (nSPS) is 26.1. The van der Waals surface area contributed by atoms with E-state index in [-0.39, 0.29) is 0 Å². The molecule has 1 fully saturated rings. The van der Waals surface area contributed by atoms with E-state index in [1.807, 2.05) is 12.1 Å². The van der Waals surface area contributed by atoms with Crippen LogP contribution < -0.4 is 0 Å². The molecule has 3 heteroatoms. The molecule has 0 bridgehead atoms. The van der Waals surface area contributed by atoms with Gasteiger partial charge in [0.1, 0.15) is 11.9 Å². The Hall–Kier alpha value is -1.95. The Morgan fingerprint density at radius 1 is 0.968 bits per heavy atom. The third-order valence-corrected chi connectivity index (χ3v) is 7.19. The van der Waals surface area contributed by atoms with Crippen LogP contribution in [-0.4, -0.2) is 5.67 Å². The van der Waals surface area contributed by atoms with Crippen LogP contribution in [0, 0.1) is 23.2 Å². The van der Waals surface area contributed by atoms with Crippen LogP contribution in [0.25, 0.3) is 5.57 Å². The molecule has 0 radical (unpaired) electrons. The van der Waals surface area contributed by atoms with E-state index in [2.05, 4.69) is 19.1 Å². The highest BCUT2D eigenvalue weighted by Crippen LogP contribution is 2.36. The Labute approximate surface area is 187 Å². The van der Waals surface area contributed by atoms with Crippen molar-refractivity contribution < 1.29 is 8.78 Å². The monoisotopic (exact) mass is 425 g/mol. The maximum atomic E-state index is 14.3. The van der Waals surface area contributed by atoms with Gasteiger partial charge in [-0.3, -0.25) is 0 Å². The number of hydrogen-bond donors (Lipinski definition) is 0. The molecule has 0 amide bonds. The number of hydrogen-bond acceptors (Lipinski definition) is 1. The van der Waals surface area contributed by atoms with Gasteiger partial charge in [-0.05, 0) is 41.9 Å². The molecule has 0 spiro atoms. The SMILES string of the molecule is CCCCCCCC1CCC(CCc2ccc(C3=C(F)CC(F)(C#N)C=C3)cc2)CC1. The van der Waals surface area contributed by atoms with Crippen molar-refractivity contribution in [1.82, 2.24) is 0 Å². The first-order chi connectivity index (χ1) is 15.0. The lowest BCUT2D eigenvalue weighted by Gasteiger charge is -2.28. The average Bonchev–Trinajstić information content (AvgIpc) is 2.79. The van der Waals surface area contributed by atoms with Crippen molar-refractivity contribution in [2.24, 2.45) is 11.8 Å². The lowest BCUT2D eigenvalue weighted by atomic mass is 9.77. The molecule has 1 unspecified atom stereocenters. The number of unbranched alkanes of at least 4 members (excludes halogenated alkanes) is 4. The summed E-state index contributed by atoms with van der Waals surface area (Å²) >= 11 is 0. The van der Waals surface area contributed by atoms with Gasteiger partial charge < -0.3 is 0 Å². The summed E-state index contributed by atoms with van der Waals surface area (Å²) in [4.78, 5) is 0. The summed E-state index contributed by atoms with van der Waals surface area (Å²) in [6.45, 7) is 2.27. The quantitative estimate of drug-likeness (QED) is 0.344. The molecular weight excluding hydrogens is 388 g/mol. The van der Waals surface area contributed by atoms with Crippen molar-refractivity contribution in [2.75, 3.05) is 0 Å². The third-order valence-electron chi connectivity index (χ3n) is 7.19. The second-order valence-electron chi connectivity index (χ2n) is 9.63. The zero-order valence-electron chi connectivity index (χ0n) is 19.0. The number of halogens is 2. The molecule has 1 nitrogen and oxygen atoms in total. The number of allylic oxidation sites excluding steroid dienone is 4. The minimum atomic E-state index is -2.22. The molecule has 2 aliphatic rings. The molecule has 0 aliphatic heterocycles. The molecule has 0 saturated heterocycles. The fourth-order valence-electron chi connectivity index (χ4n) is 5.08. The van der Waals surface area contributed by atoms with Gasteiger partial charge in [-0.25, -0.2) is 8.78 Å². The summed E-state index contributed by atoms with van der Waals surface area (Å²) in [5.74, 6) is 1.23. The summed E-state index contributed by atoms with van der Waals surface area (Å²) in [6.07, 6.45) is 18.2. The van der Waals surface area contributed by atoms with E-state index in [1.54, 1.807) is 0 Å². The smallest absolute Gasteiger partial charge is 0.220 e. The van der Waals surface area contributed by atoms with Crippen LogP contribution >= 0.6 is 0 Å². The highest BCUT2D eigenvalue weighted by molar-refractivity contribution is 5.77. The number of nitrogens with zero attached hydrogens (tertiary/aromatic N) is 1. The van der Waals surface area contributed by atoms with Gasteiger partial charge >= 0.3 is 0 Å². The van der Waals surface area contributed by atoms with Crippen LogP contribution in [0.2, 0.25) is 0 Å². The van der Waals surface area contributed by atoms with Gasteiger partial charge in [-0.2, -0.15) is 5.26 Å². The molecule has 1 aromatic carbocycles. The Balaban J connectivity index is 1.40. The Kier molecular flexibility index (Phi) is 8.88. The summed E-state index contributed by atoms with van der Waals surface area (Å²) < 4.78 is 28.3. The number of alkyl halides is 1. The second-order valence-corrected chi connectivity index (χ2v) is 9.63. The van der Waals surface area contributed by atoms with Crippen molar-refractivity contribution in [3.05, 3.63) is 53.4 Å². The predicted octanol–water partition coefficient (Wildman–Crippen LogP) is 8.66. The fraction of sp³-hybridized carbons (Fsp3) is 0.607. The van der Waals surface area contributed by atoms with Gasteiger partial charge in [-0.1, -0.05) is 101 Å². The van der Waals surface area contributed by atoms with E-state index in [0.29, 0.717) is 5.57 Å². The minimum Gasteiger partial charge on any atom is -0.222 e. The van der Waals surface area contributed by atoms with Gasteiger partial charge in [0.15, 0.2) is 0 Å². The molecule has 2 aliphatic carbocycles. The molecule has 0 N–H and O–H groups in total. The highest BCUT2D eigenvalue weighted by Gasteiger charge is 2.32. The fourth-order valence-corrected chi connectivity index (χ4v) is 5.08. The standard InChI is InChI=1S/C28H37F2N/c1-2-3-4-5-6-7-22-8-10-23(11-9-22)12-13-24-14-16-25(17-15-24)26-18-19-28(30,21-31)20-27(26)29/h14-19,22-23H,2-13,20H2,1H3. The van der Waals surface area contributed by atoms with Gasteiger partial charge in [0, 0.05) is 5.57 Å². The number of aryl methyl sites for hydroxylation is 1.